The molecule has 0 spiro atoms. The number of amides is 4. The van der Waals surface area contributed by atoms with Crippen molar-refractivity contribution in [2.75, 3.05) is 52.6 Å². The van der Waals surface area contributed by atoms with Gasteiger partial charge in [0.25, 0.3) is 11.8 Å². The quantitative estimate of drug-likeness (QED) is 0.0379. The number of ether oxygens (including phenoxy) is 2. The van der Waals surface area contributed by atoms with E-state index in [1.165, 1.54) is 141 Å². The van der Waals surface area contributed by atoms with Gasteiger partial charge < -0.3 is 30.7 Å². The van der Waals surface area contributed by atoms with E-state index in [4.69, 9.17) is 9.47 Å². The van der Waals surface area contributed by atoms with Gasteiger partial charge in [-0.15, -0.1) is 0 Å². The van der Waals surface area contributed by atoms with Gasteiger partial charge in [-0.1, -0.05) is 248 Å². The number of hydrogen-bond acceptors (Lipinski definition) is 6. The first-order valence-electron chi connectivity index (χ1n) is 29.6. The second-order valence-electron chi connectivity index (χ2n) is 24.8. The molecular formula is C61H113BN4O6. The van der Waals surface area contributed by atoms with Gasteiger partial charge in [0, 0.05) is 71.8 Å². The van der Waals surface area contributed by atoms with Crippen molar-refractivity contribution in [3.05, 3.63) is 29.3 Å². The van der Waals surface area contributed by atoms with Crippen molar-refractivity contribution >= 4 is 36.4 Å². The molecule has 0 fully saturated rings. The summed E-state index contributed by atoms with van der Waals surface area (Å²) in [5.74, 6) is -0.238. The molecule has 0 aliphatic rings. The second-order valence-corrected chi connectivity index (χ2v) is 24.8. The van der Waals surface area contributed by atoms with Gasteiger partial charge in [0.2, 0.25) is 11.8 Å². The van der Waals surface area contributed by atoms with Gasteiger partial charge in [-0.3, -0.25) is 19.2 Å². The summed E-state index contributed by atoms with van der Waals surface area (Å²) in [5, 5.41) is 12.4. The maximum Gasteiger partial charge on any atom is 0.251 e. The van der Waals surface area contributed by atoms with Crippen LogP contribution in [-0.2, 0) is 19.1 Å². The Hall–Kier alpha value is -2.92. The highest BCUT2D eigenvalue weighted by molar-refractivity contribution is 6.52. The van der Waals surface area contributed by atoms with E-state index >= 15 is 0 Å². The smallest absolute Gasteiger partial charge is 0.251 e. The minimum absolute atomic E-state index is 0.111. The molecule has 0 aromatic heterocycles. The van der Waals surface area contributed by atoms with Gasteiger partial charge >= 0.3 is 0 Å². The molecule has 0 unspecified atom stereocenters. The topological polar surface area (TPSA) is 135 Å². The molecule has 11 heteroatoms. The summed E-state index contributed by atoms with van der Waals surface area (Å²) in [6.07, 6.45) is 34.7. The fourth-order valence-electron chi connectivity index (χ4n) is 8.87. The molecular weight excluding hydrogens is 896 g/mol. The second kappa shape index (κ2) is 39.5. The van der Waals surface area contributed by atoms with E-state index in [-0.39, 0.29) is 45.3 Å². The number of benzene rings is 1. The Labute approximate surface area is 444 Å². The molecule has 0 radical (unpaired) electrons. The van der Waals surface area contributed by atoms with Crippen molar-refractivity contribution in [1.82, 2.24) is 21.3 Å². The van der Waals surface area contributed by atoms with Crippen molar-refractivity contribution in [3.63, 3.8) is 0 Å². The number of nitrogens with one attached hydrogen (secondary N) is 4. The Morgan fingerprint density at radius 2 is 0.639 bits per heavy atom. The van der Waals surface area contributed by atoms with Crippen LogP contribution in [0.3, 0.4) is 0 Å². The normalized spacial score (nSPS) is 12.2. The van der Waals surface area contributed by atoms with Crippen LogP contribution in [0.2, 0.25) is 6.82 Å². The SMILES string of the molecule is CBc1cc(C(=O)NCC(C)(C)COCC(C)(C)CNC(=O)CCCCCCCCCCCCCCC)cc(C(=O)NCC(C)(C)COCC(C)(C)CNC(=O)CCCCCCCCCCCCCCC)c1. The van der Waals surface area contributed by atoms with Crippen LogP contribution in [0.4, 0.5) is 0 Å². The molecule has 1 aromatic rings. The average molecular weight is 1010 g/mol. The predicted molar refractivity (Wildman–Crippen MR) is 307 cm³/mol. The van der Waals surface area contributed by atoms with E-state index in [2.05, 4.69) is 90.5 Å². The van der Waals surface area contributed by atoms with Crippen LogP contribution in [0.5, 0.6) is 0 Å². The van der Waals surface area contributed by atoms with Crippen molar-refractivity contribution in [2.24, 2.45) is 21.7 Å². The van der Waals surface area contributed by atoms with Crippen LogP contribution in [-0.4, -0.2) is 83.5 Å². The Kier molecular flexibility index (Phi) is 36.8. The first-order valence-corrected chi connectivity index (χ1v) is 29.6. The summed E-state index contributed by atoms with van der Waals surface area (Å²) in [5.41, 5.74) is 0.680. The molecule has 72 heavy (non-hydrogen) atoms. The van der Waals surface area contributed by atoms with Crippen molar-refractivity contribution in [1.29, 1.82) is 0 Å². The maximum absolute atomic E-state index is 13.5. The fourth-order valence-corrected chi connectivity index (χ4v) is 8.87. The summed E-state index contributed by atoms with van der Waals surface area (Å²) in [6.45, 7) is 27.0. The third-order valence-electron chi connectivity index (χ3n) is 13.9. The van der Waals surface area contributed by atoms with Crippen molar-refractivity contribution in [3.8, 4) is 0 Å². The van der Waals surface area contributed by atoms with Gasteiger partial charge in [-0.05, 0) is 18.9 Å². The highest BCUT2D eigenvalue weighted by atomic mass is 16.5. The Balaban J connectivity index is 2.37. The van der Waals surface area contributed by atoms with Crippen LogP contribution in [0.1, 0.15) is 270 Å². The lowest BCUT2D eigenvalue weighted by Gasteiger charge is -2.29. The molecule has 416 valence electrons. The molecule has 1 rings (SSSR count). The molecule has 4 N–H and O–H groups in total. The molecule has 0 saturated heterocycles. The van der Waals surface area contributed by atoms with E-state index in [9.17, 15) is 19.2 Å². The molecule has 0 saturated carbocycles. The Morgan fingerprint density at radius 1 is 0.389 bits per heavy atom. The van der Waals surface area contributed by atoms with E-state index < -0.39 is 0 Å². The zero-order valence-corrected chi connectivity index (χ0v) is 48.8. The molecule has 1 aromatic carbocycles. The summed E-state index contributed by atoms with van der Waals surface area (Å²) < 4.78 is 12.4. The van der Waals surface area contributed by atoms with Crippen LogP contribution in [0.15, 0.2) is 18.2 Å². The predicted octanol–water partition coefficient (Wildman–Crippen LogP) is 13.6. The van der Waals surface area contributed by atoms with E-state index in [1.807, 2.05) is 19.0 Å². The average Bonchev–Trinajstić information content (AvgIpc) is 3.33. The number of unbranched alkanes of at least 4 members (excludes halogenated alkanes) is 24. The van der Waals surface area contributed by atoms with Crippen LogP contribution >= 0.6 is 0 Å². The van der Waals surface area contributed by atoms with Crippen LogP contribution in [0.25, 0.3) is 0 Å². The van der Waals surface area contributed by atoms with Crippen molar-refractivity contribution in [2.45, 2.75) is 256 Å². The Bertz CT molecular complexity index is 1490. The summed E-state index contributed by atoms with van der Waals surface area (Å²) in [7, 11) is 0.686. The van der Waals surface area contributed by atoms with Crippen LogP contribution < -0.4 is 26.7 Å². The van der Waals surface area contributed by atoms with Gasteiger partial charge in [0.15, 0.2) is 7.28 Å². The van der Waals surface area contributed by atoms with Gasteiger partial charge in [-0.25, -0.2) is 0 Å². The van der Waals surface area contributed by atoms with Gasteiger partial charge in [-0.2, -0.15) is 0 Å². The zero-order chi connectivity index (χ0) is 53.6. The summed E-state index contributed by atoms with van der Waals surface area (Å²) in [4.78, 5) is 52.2. The Morgan fingerprint density at radius 3 is 0.903 bits per heavy atom. The minimum atomic E-state index is -0.339. The number of carbonyl (C=O) groups is 4. The third kappa shape index (κ3) is 36.9. The number of carbonyl (C=O) groups excluding carboxylic acids is 4. The lowest BCUT2D eigenvalue weighted by Crippen LogP contribution is -2.40. The van der Waals surface area contributed by atoms with Crippen molar-refractivity contribution < 1.29 is 28.7 Å². The van der Waals surface area contributed by atoms with Gasteiger partial charge in [0.05, 0.1) is 26.4 Å². The molecule has 0 atom stereocenters. The molecule has 0 aliphatic heterocycles. The molecule has 0 heterocycles. The molecule has 10 nitrogen and oxygen atoms in total. The summed E-state index contributed by atoms with van der Waals surface area (Å²) in [6, 6.07) is 5.38. The van der Waals surface area contributed by atoms with E-state index in [0.29, 0.717) is 83.9 Å². The standard InChI is InChI=1S/C61H113BN4O6/c1-12-14-16-18-20-22-24-26-28-30-32-34-36-38-54(67)63-43-58(3,4)47-71-49-60(7,8)45-65-56(69)51-40-52(42-53(41-51)62-11)57(70)66-46-61(9,10)50-72-48-59(5,6)44-64-55(68)39-37-35-33-31-29-27-25-23-21-19-17-15-13-2/h40-42,62H,12-39,43-50H2,1-11H3,(H,63,67)(H,64,68)(H,65,69)(H,66,70). The van der Waals surface area contributed by atoms with Gasteiger partial charge in [0.1, 0.15) is 0 Å². The highest BCUT2D eigenvalue weighted by Crippen LogP contribution is 2.22. The molecule has 0 bridgehead atoms. The van der Waals surface area contributed by atoms with E-state index in [1.54, 1.807) is 6.07 Å². The first kappa shape index (κ1) is 67.1. The first-order chi connectivity index (χ1) is 34.2. The molecule has 0 aliphatic carbocycles. The highest BCUT2D eigenvalue weighted by Gasteiger charge is 2.26. The zero-order valence-electron chi connectivity index (χ0n) is 48.8. The fraction of sp³-hybridized carbons (Fsp3) is 0.836. The van der Waals surface area contributed by atoms with Crippen LogP contribution in [0, 0.1) is 21.7 Å². The summed E-state index contributed by atoms with van der Waals surface area (Å²) >= 11 is 0. The maximum atomic E-state index is 13.5. The largest absolute Gasteiger partial charge is 0.380 e. The molecule has 4 amide bonds. The number of rotatable bonds is 47. The monoisotopic (exact) mass is 1010 g/mol. The lowest BCUT2D eigenvalue weighted by atomic mass is 9.72. The minimum Gasteiger partial charge on any atom is -0.380 e. The lowest BCUT2D eigenvalue weighted by molar-refractivity contribution is -0.122. The van der Waals surface area contributed by atoms with E-state index in [0.717, 1.165) is 31.1 Å². The third-order valence-corrected chi connectivity index (χ3v) is 13.9. The number of hydrogen-bond donors (Lipinski definition) is 4.